The van der Waals surface area contributed by atoms with Gasteiger partial charge >= 0.3 is 8.60 Å². The molecule has 0 bridgehead atoms. The van der Waals surface area contributed by atoms with Crippen LogP contribution < -0.4 is 5.73 Å². The van der Waals surface area contributed by atoms with Gasteiger partial charge in [-0.05, 0) is 49.4 Å². The molecule has 0 saturated heterocycles. The van der Waals surface area contributed by atoms with Crippen molar-refractivity contribution in [1.29, 1.82) is 10.5 Å². The number of nitrogens with two attached hydrogens (primary N) is 1. The zero-order valence-electron chi connectivity index (χ0n) is 33.6. The second-order valence-corrected chi connectivity index (χ2v) is 14.8. The van der Waals surface area contributed by atoms with Gasteiger partial charge in [0.15, 0.2) is 11.4 Å². The summed E-state index contributed by atoms with van der Waals surface area (Å²) in [5.41, 5.74) is 7.66. The predicted octanol–water partition coefficient (Wildman–Crippen LogP) is 9.17. The van der Waals surface area contributed by atoms with Gasteiger partial charge in [-0.3, -0.25) is 0 Å². The molecule has 3 N–H and O–H groups in total. The van der Waals surface area contributed by atoms with E-state index < -0.39 is 14.2 Å². The number of hydrogen-bond acceptors (Lipinski definition) is 12. The van der Waals surface area contributed by atoms with Crippen molar-refractivity contribution in [1.82, 2.24) is 19.6 Å². The molecule has 13 nitrogen and oxygen atoms in total. The molecule has 0 aliphatic rings. The average molecular weight is 784 g/mol. The van der Waals surface area contributed by atoms with Crippen LogP contribution in [0.2, 0.25) is 0 Å². The van der Waals surface area contributed by atoms with Gasteiger partial charge in [0.2, 0.25) is 0 Å². The lowest BCUT2D eigenvalue weighted by atomic mass is 9.99. The van der Waals surface area contributed by atoms with E-state index in [2.05, 4.69) is 28.1 Å². The average Bonchev–Trinajstić information content (AvgIpc) is 3.64. The van der Waals surface area contributed by atoms with Crippen molar-refractivity contribution in [2.75, 3.05) is 46.4 Å². The maximum absolute atomic E-state index is 10.2. The number of nitrogen functional groups attached to an aromatic ring is 1. The number of pyridine rings is 1. The Bertz CT molecular complexity index is 1480. The van der Waals surface area contributed by atoms with E-state index in [1.54, 1.807) is 23.9 Å². The molecule has 0 aliphatic heterocycles. The minimum Gasteiger partial charge on any atom is -0.382 e. The summed E-state index contributed by atoms with van der Waals surface area (Å²) in [6.45, 7) is 4.38. The van der Waals surface area contributed by atoms with Crippen LogP contribution in [0.5, 0.6) is 0 Å². The highest BCUT2D eigenvalue weighted by Crippen LogP contribution is 2.35. The Morgan fingerprint density at radius 1 is 0.800 bits per heavy atom. The molecule has 0 aliphatic carbocycles. The first-order chi connectivity index (χ1) is 26.9. The summed E-state index contributed by atoms with van der Waals surface area (Å²) < 4.78 is 28.7. The number of aryl methyl sites for hydroxylation is 1. The van der Waals surface area contributed by atoms with Gasteiger partial charge in [-0.15, -0.1) is 0 Å². The molecule has 0 radical (unpaired) electrons. The van der Waals surface area contributed by atoms with Gasteiger partial charge in [0, 0.05) is 39.3 Å². The maximum atomic E-state index is 10.2. The first kappa shape index (κ1) is 47.9. The molecule has 3 rings (SSSR count). The van der Waals surface area contributed by atoms with Gasteiger partial charge in [-0.25, -0.2) is 14.5 Å². The van der Waals surface area contributed by atoms with Gasteiger partial charge in [0.1, 0.15) is 29.7 Å². The maximum Gasteiger partial charge on any atom is 0.329 e. The molecule has 3 heterocycles. The molecule has 0 saturated carbocycles. The van der Waals surface area contributed by atoms with E-state index in [0.717, 1.165) is 24.3 Å². The third kappa shape index (κ3) is 21.0. The molecule has 55 heavy (non-hydrogen) atoms. The summed E-state index contributed by atoms with van der Waals surface area (Å²) in [6, 6.07) is 11.4. The Labute approximate surface area is 330 Å². The van der Waals surface area contributed by atoms with Crippen LogP contribution in [-0.2, 0) is 36.3 Å². The highest BCUT2D eigenvalue weighted by atomic mass is 31.2. The highest BCUT2D eigenvalue weighted by molar-refractivity contribution is 7.40. The molecule has 0 amide bonds. The van der Waals surface area contributed by atoms with Crippen LogP contribution in [0.15, 0.2) is 36.8 Å². The highest BCUT2D eigenvalue weighted by Gasteiger charge is 2.32. The van der Waals surface area contributed by atoms with Crippen molar-refractivity contribution in [2.24, 2.45) is 0 Å². The Hall–Kier alpha value is -3.26. The summed E-state index contributed by atoms with van der Waals surface area (Å²) in [5, 5.41) is 22.4. The molecule has 3 aromatic heterocycles. The van der Waals surface area contributed by atoms with Gasteiger partial charge in [0.05, 0.1) is 19.8 Å². The third-order valence-electron chi connectivity index (χ3n) is 9.38. The van der Waals surface area contributed by atoms with Crippen molar-refractivity contribution in [3.05, 3.63) is 53.7 Å². The molecule has 14 heteroatoms. The summed E-state index contributed by atoms with van der Waals surface area (Å²) in [6.07, 6.45) is 26.3. The van der Waals surface area contributed by atoms with Gasteiger partial charge in [0.25, 0.3) is 0 Å². The first-order valence-corrected chi connectivity index (χ1v) is 21.2. The van der Waals surface area contributed by atoms with Gasteiger partial charge in [-0.2, -0.15) is 15.6 Å². The quantitative estimate of drug-likeness (QED) is 0.0467. The number of nitriles is 2. The van der Waals surface area contributed by atoms with E-state index in [4.69, 9.17) is 34.3 Å². The lowest BCUT2D eigenvalue weighted by Gasteiger charge is -2.25. The zero-order valence-corrected chi connectivity index (χ0v) is 34.5. The molecule has 306 valence electrons. The smallest absolute Gasteiger partial charge is 0.329 e. The lowest BCUT2D eigenvalue weighted by Crippen LogP contribution is -2.35. The number of hydrogen-bond donors (Lipinski definition) is 2. The van der Waals surface area contributed by atoms with Crippen LogP contribution >= 0.6 is 8.60 Å². The molecule has 2 unspecified atom stereocenters. The Kier molecular flexibility index (Phi) is 26.9. The topological polar surface area (TPSA) is 183 Å². The molecule has 0 fully saturated rings. The van der Waals surface area contributed by atoms with E-state index in [0.29, 0.717) is 56.1 Å². The SMILES string of the molecule is CCCCCCCCCCCCCCCCCCOCCCOP(O)OCC(C#N)(CCc1ccc2c(N)ncnn12)OC.COCc1ccc(C#N)nc1. The van der Waals surface area contributed by atoms with Gasteiger partial charge in [-0.1, -0.05) is 109 Å². The number of methoxy groups -OCH3 is 2. The fourth-order valence-corrected chi connectivity index (χ4v) is 6.67. The third-order valence-corrected chi connectivity index (χ3v) is 10.1. The lowest BCUT2D eigenvalue weighted by molar-refractivity contribution is -0.0110. The Morgan fingerprint density at radius 2 is 1.44 bits per heavy atom. The zero-order chi connectivity index (χ0) is 39.8. The molecule has 2 atom stereocenters. The Morgan fingerprint density at radius 3 is 2.00 bits per heavy atom. The van der Waals surface area contributed by atoms with Crippen molar-refractivity contribution in [3.63, 3.8) is 0 Å². The number of ether oxygens (including phenoxy) is 3. The fourth-order valence-electron chi connectivity index (χ4n) is 5.99. The predicted molar refractivity (Wildman–Crippen MR) is 217 cm³/mol. The molecule has 0 spiro atoms. The van der Waals surface area contributed by atoms with E-state index in [9.17, 15) is 10.2 Å². The van der Waals surface area contributed by atoms with Crippen LogP contribution in [0.1, 0.15) is 139 Å². The standard InChI is InChI=1S/C33H58N5O5P.C8H8N2O/c1-3-4-5-6-7-8-9-10-11-12-13-14-15-16-17-18-24-41-25-19-26-42-44(39)43-28-33(27-34,40-2)23-22-30-20-21-31-32(35)36-29-37-38(30)31;1-11-6-7-2-3-8(4-9)10-5-7/h20-21,29,39H,3-19,22-26,28H2,1-2H3,(H2,35,36,37);2-3,5H,6H2,1H3. The van der Waals surface area contributed by atoms with Crippen molar-refractivity contribution in [3.8, 4) is 12.1 Å². The minimum absolute atomic E-state index is 0.113. The van der Waals surface area contributed by atoms with Crippen molar-refractivity contribution in [2.45, 2.75) is 141 Å². The van der Waals surface area contributed by atoms with Crippen molar-refractivity contribution >= 4 is 19.9 Å². The van der Waals surface area contributed by atoms with E-state index in [1.165, 1.54) is 110 Å². The fraction of sp³-hybridized carbons (Fsp3) is 0.683. The number of unbranched alkanes of at least 4 members (excludes halogenated alkanes) is 15. The second kappa shape index (κ2) is 30.9. The van der Waals surface area contributed by atoms with E-state index in [-0.39, 0.29) is 6.61 Å². The van der Waals surface area contributed by atoms with Crippen LogP contribution in [0.3, 0.4) is 0 Å². The normalized spacial score (nSPS) is 12.8. The van der Waals surface area contributed by atoms with Gasteiger partial charge < -0.3 is 33.9 Å². The van der Waals surface area contributed by atoms with Crippen LogP contribution in [-0.4, -0.2) is 70.7 Å². The molecular weight excluding hydrogens is 717 g/mol. The molecular formula is C41H66N7O6P. The number of rotatable bonds is 31. The minimum atomic E-state index is -2.12. The summed E-state index contributed by atoms with van der Waals surface area (Å²) in [5.74, 6) is 0.390. The Balaban J connectivity index is 0.000000810. The first-order valence-electron chi connectivity index (χ1n) is 20.1. The largest absolute Gasteiger partial charge is 0.382 e. The number of nitrogens with zero attached hydrogens (tertiary/aromatic N) is 6. The van der Waals surface area contributed by atoms with Crippen LogP contribution in [0.25, 0.3) is 5.52 Å². The van der Waals surface area contributed by atoms with Crippen LogP contribution in [0.4, 0.5) is 5.82 Å². The van der Waals surface area contributed by atoms with E-state index >= 15 is 0 Å². The number of fused-ring (bicyclic) bond motifs is 1. The summed E-state index contributed by atoms with van der Waals surface area (Å²) >= 11 is 0. The summed E-state index contributed by atoms with van der Waals surface area (Å²) in [4.78, 5) is 18.0. The summed E-state index contributed by atoms with van der Waals surface area (Å²) in [7, 11) is 0.961. The molecule has 0 aromatic carbocycles. The second-order valence-electron chi connectivity index (χ2n) is 13.8. The number of anilines is 1. The van der Waals surface area contributed by atoms with Crippen molar-refractivity contribution < 1.29 is 28.2 Å². The van der Waals surface area contributed by atoms with Crippen LogP contribution in [0, 0.1) is 22.7 Å². The number of aromatic nitrogens is 4. The monoisotopic (exact) mass is 783 g/mol. The molecule has 3 aromatic rings. The van der Waals surface area contributed by atoms with E-state index in [1.807, 2.05) is 24.3 Å².